The van der Waals surface area contributed by atoms with Crippen LogP contribution in [0.15, 0.2) is 65.8 Å². The van der Waals surface area contributed by atoms with Crippen LogP contribution in [0.2, 0.25) is 10.0 Å². The molecular formula is C34H34Cl2F2N6O6S. The number of nitriles is 1. The second kappa shape index (κ2) is 16.0. The van der Waals surface area contributed by atoms with E-state index < -0.39 is 58.4 Å². The fraction of sp³-hybridized carbons (Fsp3) is 0.382. The molecule has 0 spiro atoms. The summed E-state index contributed by atoms with van der Waals surface area (Å²) in [4.78, 5) is 45.2. The number of esters is 1. The lowest BCUT2D eigenvalue weighted by atomic mass is 9.99. The van der Waals surface area contributed by atoms with E-state index in [1.165, 1.54) is 41.6 Å². The maximum absolute atomic E-state index is 14.6. The second-order valence-corrected chi connectivity index (χ2v) is 14.8. The molecule has 2 saturated heterocycles. The minimum absolute atomic E-state index is 0.0129. The molecule has 2 aliphatic heterocycles. The lowest BCUT2D eigenvalue weighted by Crippen LogP contribution is -2.59. The number of sulfonamides is 1. The molecule has 3 atom stereocenters. The second-order valence-electron chi connectivity index (χ2n) is 12.1. The molecule has 0 saturated carbocycles. The highest BCUT2D eigenvalue weighted by Crippen LogP contribution is 2.35. The van der Waals surface area contributed by atoms with Crippen LogP contribution in [-0.2, 0) is 30.8 Å². The van der Waals surface area contributed by atoms with Gasteiger partial charge in [0.25, 0.3) is 11.8 Å². The van der Waals surface area contributed by atoms with Crippen molar-refractivity contribution in [1.82, 2.24) is 19.5 Å². The number of alkyl halides is 2. The number of anilines is 1. The molecule has 0 bridgehead atoms. The number of benzene rings is 2. The van der Waals surface area contributed by atoms with Crippen molar-refractivity contribution >= 4 is 56.7 Å². The van der Waals surface area contributed by atoms with E-state index in [9.17, 15) is 36.8 Å². The van der Waals surface area contributed by atoms with Gasteiger partial charge in [0.1, 0.15) is 12.1 Å². The van der Waals surface area contributed by atoms with E-state index in [4.69, 9.17) is 27.9 Å². The number of aromatic nitrogens is 1. The van der Waals surface area contributed by atoms with Crippen molar-refractivity contribution in [2.24, 2.45) is 0 Å². The molecule has 51 heavy (non-hydrogen) atoms. The van der Waals surface area contributed by atoms with Gasteiger partial charge in [-0.05, 0) is 62.2 Å². The number of hydrogen-bond donors (Lipinski definition) is 2. The summed E-state index contributed by atoms with van der Waals surface area (Å²) >= 11 is 12.2. The largest absolute Gasteiger partial charge is 0.464 e. The van der Waals surface area contributed by atoms with Gasteiger partial charge in [-0.2, -0.15) is 9.57 Å². The molecule has 3 aromatic rings. The minimum Gasteiger partial charge on any atom is -0.464 e. The summed E-state index contributed by atoms with van der Waals surface area (Å²) in [6.07, 6.45) is 2.39. The molecule has 2 aromatic carbocycles. The summed E-state index contributed by atoms with van der Waals surface area (Å²) in [5.41, 5.74) is 1.04. The van der Waals surface area contributed by atoms with Gasteiger partial charge in [0.15, 0.2) is 0 Å². The Hall–Kier alpha value is -4.20. The molecule has 2 unspecified atom stereocenters. The molecule has 3 heterocycles. The number of amides is 2. The van der Waals surface area contributed by atoms with Crippen LogP contribution in [0.1, 0.15) is 47.7 Å². The first-order valence-corrected chi connectivity index (χ1v) is 18.2. The van der Waals surface area contributed by atoms with Crippen LogP contribution in [0.5, 0.6) is 0 Å². The summed E-state index contributed by atoms with van der Waals surface area (Å²) in [6.45, 7) is 0.995. The fourth-order valence-electron chi connectivity index (χ4n) is 6.32. The van der Waals surface area contributed by atoms with Crippen molar-refractivity contribution in [3.05, 3.63) is 87.7 Å². The number of carbonyl (C=O) groups is 3. The molecule has 2 aliphatic rings. The zero-order valence-electron chi connectivity index (χ0n) is 27.3. The highest BCUT2D eigenvalue weighted by Gasteiger charge is 2.51. The van der Waals surface area contributed by atoms with Gasteiger partial charge < -0.3 is 15.4 Å². The Bertz CT molecular complexity index is 1930. The van der Waals surface area contributed by atoms with E-state index in [1.807, 2.05) is 6.07 Å². The van der Waals surface area contributed by atoms with Crippen LogP contribution in [0.3, 0.4) is 0 Å². The number of carbonyl (C=O) groups excluding carboxylic acids is 3. The van der Waals surface area contributed by atoms with Gasteiger partial charge in [-0.3, -0.25) is 19.5 Å². The predicted octanol–water partition coefficient (Wildman–Crippen LogP) is 4.67. The van der Waals surface area contributed by atoms with E-state index in [-0.39, 0.29) is 71.4 Å². The Morgan fingerprint density at radius 2 is 1.82 bits per heavy atom. The lowest BCUT2D eigenvalue weighted by molar-refractivity contribution is -0.148. The zero-order valence-corrected chi connectivity index (χ0v) is 29.6. The quantitative estimate of drug-likeness (QED) is 0.265. The van der Waals surface area contributed by atoms with Gasteiger partial charge in [0, 0.05) is 43.5 Å². The summed E-state index contributed by atoms with van der Waals surface area (Å²) in [6, 6.07) is 9.86. The Kier molecular flexibility index (Phi) is 11.9. The van der Waals surface area contributed by atoms with E-state index in [1.54, 1.807) is 31.2 Å². The van der Waals surface area contributed by atoms with Gasteiger partial charge in [-0.15, -0.1) is 0 Å². The molecule has 2 amide bonds. The number of halogens is 4. The first-order valence-electron chi connectivity index (χ1n) is 16.0. The van der Waals surface area contributed by atoms with Crippen molar-refractivity contribution in [3.63, 3.8) is 0 Å². The van der Waals surface area contributed by atoms with E-state index in [2.05, 4.69) is 15.6 Å². The number of nitrogens with one attached hydrogen (secondary N) is 2. The van der Waals surface area contributed by atoms with Gasteiger partial charge in [0.05, 0.1) is 45.3 Å². The Labute approximate surface area is 303 Å². The SMILES string of the molecule is CCOC(=O)[C@H](Cc1ccc(NC(=O)c2c(Cl)cncc2Cl)cc1)NC(=O)C1C(N2CCCC(F)(F)C2)CCN1S(=O)(=O)c1cccc(C#N)c1. The normalized spacial score (nSPS) is 19.8. The topological polar surface area (TPSA) is 162 Å². The average molecular weight is 764 g/mol. The molecule has 2 N–H and O–H groups in total. The number of piperidine rings is 1. The molecule has 0 radical (unpaired) electrons. The van der Waals surface area contributed by atoms with E-state index >= 15 is 0 Å². The summed E-state index contributed by atoms with van der Waals surface area (Å²) < 4.78 is 63.2. The van der Waals surface area contributed by atoms with Crippen molar-refractivity contribution in [2.45, 2.75) is 61.6 Å². The zero-order chi connectivity index (χ0) is 36.9. The monoisotopic (exact) mass is 762 g/mol. The Morgan fingerprint density at radius 3 is 2.47 bits per heavy atom. The van der Waals surface area contributed by atoms with E-state index in [0.29, 0.717) is 11.3 Å². The number of pyridine rings is 1. The molecule has 1 aromatic heterocycles. The Balaban J connectivity index is 1.40. The number of rotatable bonds is 11. The van der Waals surface area contributed by atoms with Crippen LogP contribution in [0, 0.1) is 11.3 Å². The predicted molar refractivity (Wildman–Crippen MR) is 184 cm³/mol. The molecule has 270 valence electrons. The van der Waals surface area contributed by atoms with Gasteiger partial charge >= 0.3 is 5.97 Å². The number of hydrogen-bond acceptors (Lipinski definition) is 9. The third-order valence-electron chi connectivity index (χ3n) is 8.67. The van der Waals surface area contributed by atoms with Crippen LogP contribution in [0.4, 0.5) is 14.5 Å². The van der Waals surface area contributed by atoms with Crippen molar-refractivity contribution in [1.29, 1.82) is 5.26 Å². The van der Waals surface area contributed by atoms with Crippen molar-refractivity contribution in [2.75, 3.05) is 31.6 Å². The highest BCUT2D eigenvalue weighted by molar-refractivity contribution is 7.89. The van der Waals surface area contributed by atoms with Crippen molar-refractivity contribution in [3.8, 4) is 6.07 Å². The maximum Gasteiger partial charge on any atom is 0.328 e. The molecule has 2 fully saturated rings. The van der Waals surface area contributed by atoms with Crippen LogP contribution in [-0.4, -0.2) is 90.7 Å². The van der Waals surface area contributed by atoms with Crippen LogP contribution in [0.25, 0.3) is 0 Å². The fourth-order valence-corrected chi connectivity index (χ4v) is 8.54. The molecule has 17 heteroatoms. The van der Waals surface area contributed by atoms with Gasteiger partial charge in [0.2, 0.25) is 15.9 Å². The third-order valence-corrected chi connectivity index (χ3v) is 11.1. The van der Waals surface area contributed by atoms with Crippen molar-refractivity contribution < 1.29 is 36.3 Å². The van der Waals surface area contributed by atoms with Gasteiger partial charge in [-0.1, -0.05) is 41.4 Å². The summed E-state index contributed by atoms with van der Waals surface area (Å²) in [5, 5.41) is 14.8. The van der Waals surface area contributed by atoms with Crippen LogP contribution < -0.4 is 10.6 Å². The molecule has 12 nitrogen and oxygen atoms in total. The smallest absolute Gasteiger partial charge is 0.328 e. The average Bonchev–Trinajstić information content (AvgIpc) is 3.55. The minimum atomic E-state index is -4.39. The first-order chi connectivity index (χ1) is 24.2. The number of nitrogens with zero attached hydrogens (tertiary/aromatic N) is 4. The Morgan fingerprint density at radius 1 is 1.12 bits per heavy atom. The summed E-state index contributed by atoms with van der Waals surface area (Å²) in [7, 11) is -4.39. The molecule has 0 aliphatic carbocycles. The molecular weight excluding hydrogens is 729 g/mol. The van der Waals surface area contributed by atoms with Crippen LogP contribution >= 0.6 is 23.2 Å². The van der Waals surface area contributed by atoms with Gasteiger partial charge in [-0.25, -0.2) is 22.0 Å². The summed E-state index contributed by atoms with van der Waals surface area (Å²) in [5.74, 6) is -5.25. The highest BCUT2D eigenvalue weighted by atomic mass is 35.5. The lowest BCUT2D eigenvalue weighted by Gasteiger charge is -2.39. The van der Waals surface area contributed by atoms with E-state index in [0.717, 1.165) is 4.31 Å². The number of ether oxygens (including phenoxy) is 1. The molecule has 5 rings (SSSR count). The third kappa shape index (κ3) is 8.82. The standard InChI is InChI=1S/C34H34Cl2F2N6O6S/c1-2-50-33(47)27(16-21-7-9-23(10-8-21)41-31(45)29-25(35)18-40-19-26(29)36)42-32(46)30-28(43-13-4-12-34(37,38)20-43)11-14-44(30)51(48,49)24-6-3-5-22(15-24)17-39/h3,5-10,15,18-19,27-28,30H,2,4,11-14,16,20H2,1H3,(H,41,45)(H,42,46)/t27-,28?,30?/m0/s1. The number of likely N-dealkylation sites (tertiary alicyclic amines) is 1. The first kappa shape index (κ1) is 38.0. The maximum atomic E-state index is 14.6.